The van der Waals surface area contributed by atoms with Gasteiger partial charge in [-0.3, -0.25) is 4.90 Å². The van der Waals surface area contributed by atoms with Gasteiger partial charge in [-0.15, -0.1) is 11.3 Å². The maximum Gasteiger partial charge on any atom is 0.416 e. The minimum Gasteiger partial charge on any atom is -0.369 e. The van der Waals surface area contributed by atoms with Crippen molar-refractivity contribution < 1.29 is 13.2 Å². The maximum absolute atomic E-state index is 12.9. The summed E-state index contributed by atoms with van der Waals surface area (Å²) in [5.41, 5.74) is 0.914. The Morgan fingerprint density at radius 2 is 2.04 bits per heavy atom. The number of rotatable bonds is 3. The Balaban J connectivity index is 1.71. The summed E-state index contributed by atoms with van der Waals surface area (Å²) in [6.07, 6.45) is -3.56. The van der Waals surface area contributed by atoms with E-state index in [2.05, 4.69) is 15.3 Å². The van der Waals surface area contributed by atoms with Gasteiger partial charge in [0.1, 0.15) is 6.07 Å². The quantitative estimate of drug-likeness (QED) is 0.806. The molecule has 0 unspecified atom stereocenters. The van der Waals surface area contributed by atoms with Crippen LogP contribution in [0.25, 0.3) is 0 Å². The van der Waals surface area contributed by atoms with Gasteiger partial charge < -0.3 is 4.90 Å². The molecule has 0 aliphatic carbocycles. The van der Waals surface area contributed by atoms with Crippen LogP contribution >= 0.6 is 11.3 Å². The van der Waals surface area contributed by atoms with Gasteiger partial charge in [0.2, 0.25) is 0 Å². The van der Waals surface area contributed by atoms with Crippen molar-refractivity contribution in [2.24, 2.45) is 0 Å². The minimum atomic E-state index is -4.44. The normalized spacial score (nSPS) is 16.3. The van der Waals surface area contributed by atoms with Crippen LogP contribution < -0.4 is 4.90 Å². The molecule has 1 aliphatic rings. The Bertz CT molecular complexity index is 809. The number of nitrogens with zero attached hydrogens (tertiary/aromatic N) is 4. The summed E-state index contributed by atoms with van der Waals surface area (Å²) in [4.78, 5) is 8.79. The van der Waals surface area contributed by atoms with Crippen molar-refractivity contribution in [2.75, 3.05) is 31.1 Å². The summed E-state index contributed by atoms with van der Waals surface area (Å²) in [5.74, 6) is 0. The molecule has 0 spiro atoms. The van der Waals surface area contributed by atoms with Crippen LogP contribution in [0.15, 0.2) is 23.6 Å². The van der Waals surface area contributed by atoms with Gasteiger partial charge in [-0.1, -0.05) is 0 Å². The number of alkyl halides is 3. The zero-order valence-corrected chi connectivity index (χ0v) is 15.2. The lowest BCUT2D eigenvalue weighted by Gasteiger charge is -2.25. The van der Waals surface area contributed by atoms with Crippen LogP contribution in [0.1, 0.15) is 28.2 Å². The molecule has 0 atom stereocenters. The Hall–Kier alpha value is -2.11. The van der Waals surface area contributed by atoms with Crippen LogP contribution in [0.4, 0.5) is 18.9 Å². The van der Waals surface area contributed by atoms with Gasteiger partial charge in [-0.2, -0.15) is 18.4 Å². The van der Waals surface area contributed by atoms with Crippen molar-refractivity contribution in [3.63, 3.8) is 0 Å². The molecule has 2 heterocycles. The summed E-state index contributed by atoms with van der Waals surface area (Å²) in [6.45, 7) is 5.82. The zero-order valence-electron chi connectivity index (χ0n) is 14.4. The highest BCUT2D eigenvalue weighted by Gasteiger charge is 2.31. The molecule has 138 valence electrons. The fourth-order valence-corrected chi connectivity index (χ4v) is 3.76. The van der Waals surface area contributed by atoms with E-state index in [1.54, 1.807) is 11.3 Å². The molecule has 1 aromatic carbocycles. The minimum absolute atomic E-state index is 0.0726. The first kappa shape index (κ1) is 18.7. The van der Waals surface area contributed by atoms with E-state index in [0.29, 0.717) is 18.8 Å². The Morgan fingerprint density at radius 3 is 2.69 bits per heavy atom. The van der Waals surface area contributed by atoms with E-state index in [1.165, 1.54) is 6.07 Å². The van der Waals surface area contributed by atoms with Crippen molar-refractivity contribution in [3.8, 4) is 6.07 Å². The van der Waals surface area contributed by atoms with E-state index in [0.717, 1.165) is 48.9 Å². The molecular weight excluding hydrogens is 361 g/mol. The maximum atomic E-state index is 12.9. The van der Waals surface area contributed by atoms with E-state index in [-0.39, 0.29) is 5.56 Å². The van der Waals surface area contributed by atoms with Crippen LogP contribution in [-0.2, 0) is 12.7 Å². The van der Waals surface area contributed by atoms with Crippen molar-refractivity contribution in [2.45, 2.75) is 26.1 Å². The first-order valence-corrected chi connectivity index (χ1v) is 9.24. The monoisotopic (exact) mass is 380 g/mol. The summed E-state index contributed by atoms with van der Waals surface area (Å²) in [7, 11) is 0. The second-order valence-electron chi connectivity index (χ2n) is 6.32. The van der Waals surface area contributed by atoms with E-state index < -0.39 is 11.7 Å². The summed E-state index contributed by atoms with van der Waals surface area (Å²) < 4.78 is 38.6. The number of hydrogen-bond acceptors (Lipinski definition) is 5. The predicted molar refractivity (Wildman–Crippen MR) is 95.1 cm³/mol. The topological polar surface area (TPSA) is 43.2 Å². The van der Waals surface area contributed by atoms with Gasteiger partial charge in [0.05, 0.1) is 27.5 Å². The fourth-order valence-electron chi connectivity index (χ4n) is 3.16. The number of hydrogen-bond donors (Lipinski definition) is 0. The van der Waals surface area contributed by atoms with Crippen LogP contribution in [0.3, 0.4) is 0 Å². The van der Waals surface area contributed by atoms with E-state index in [9.17, 15) is 18.4 Å². The van der Waals surface area contributed by atoms with Crippen molar-refractivity contribution in [1.29, 1.82) is 5.26 Å². The average Bonchev–Trinajstić information content (AvgIpc) is 2.87. The molecule has 3 rings (SSSR count). The van der Waals surface area contributed by atoms with Gasteiger partial charge in [-0.05, 0) is 31.5 Å². The molecule has 8 heteroatoms. The number of benzene rings is 1. The van der Waals surface area contributed by atoms with Gasteiger partial charge in [0, 0.05) is 38.1 Å². The van der Waals surface area contributed by atoms with Gasteiger partial charge in [-0.25, -0.2) is 4.98 Å². The SMILES string of the molecule is Cc1nc(CN2CCCN(c3ccc(C(F)(F)F)cc3C#N)CC2)cs1. The standard InChI is InChI=1S/C18H19F3N4S/c1-13-23-16(12-26-13)11-24-5-2-6-25(8-7-24)17-4-3-15(18(19,20)21)9-14(17)10-22/h3-4,9,12H,2,5-8,11H2,1H3. The van der Waals surface area contributed by atoms with Crippen molar-refractivity contribution in [1.82, 2.24) is 9.88 Å². The molecule has 1 fully saturated rings. The van der Waals surface area contributed by atoms with E-state index >= 15 is 0 Å². The Kier molecular flexibility index (Phi) is 5.49. The van der Waals surface area contributed by atoms with Gasteiger partial charge in [0.15, 0.2) is 0 Å². The molecule has 0 radical (unpaired) electrons. The molecule has 1 aromatic heterocycles. The molecular formula is C18H19F3N4S. The van der Waals surface area contributed by atoms with Crippen molar-refractivity contribution >= 4 is 17.0 Å². The third-order valence-corrected chi connectivity index (χ3v) is 5.25. The largest absolute Gasteiger partial charge is 0.416 e. The molecule has 0 saturated carbocycles. The van der Waals surface area contributed by atoms with Crippen molar-refractivity contribution in [3.05, 3.63) is 45.4 Å². The summed E-state index contributed by atoms with van der Waals surface area (Å²) in [6, 6.07) is 5.33. The summed E-state index contributed by atoms with van der Waals surface area (Å²) >= 11 is 1.63. The molecule has 4 nitrogen and oxygen atoms in total. The second-order valence-corrected chi connectivity index (χ2v) is 7.38. The average molecular weight is 380 g/mol. The number of aromatic nitrogens is 1. The molecule has 1 saturated heterocycles. The number of nitriles is 1. The molecule has 26 heavy (non-hydrogen) atoms. The zero-order chi connectivity index (χ0) is 18.7. The van der Waals surface area contributed by atoms with Crippen LogP contribution in [0.2, 0.25) is 0 Å². The third-order valence-electron chi connectivity index (χ3n) is 4.43. The molecule has 0 amide bonds. The van der Waals surface area contributed by atoms with Crippen LogP contribution in [0.5, 0.6) is 0 Å². The van der Waals surface area contributed by atoms with Gasteiger partial charge in [0.25, 0.3) is 0 Å². The molecule has 2 aromatic rings. The third kappa shape index (κ3) is 4.34. The summed E-state index contributed by atoms with van der Waals surface area (Å²) in [5, 5.41) is 12.4. The fraction of sp³-hybridized carbons (Fsp3) is 0.444. The highest BCUT2D eigenvalue weighted by atomic mass is 32.1. The molecule has 0 bridgehead atoms. The highest BCUT2D eigenvalue weighted by molar-refractivity contribution is 7.09. The van der Waals surface area contributed by atoms with E-state index in [1.807, 2.05) is 17.9 Å². The lowest BCUT2D eigenvalue weighted by atomic mass is 10.1. The number of anilines is 1. The predicted octanol–water partition coefficient (Wildman–Crippen LogP) is 4.05. The van der Waals surface area contributed by atoms with Gasteiger partial charge >= 0.3 is 6.18 Å². The lowest BCUT2D eigenvalue weighted by molar-refractivity contribution is -0.137. The highest BCUT2D eigenvalue weighted by Crippen LogP contribution is 2.33. The van der Waals surface area contributed by atoms with Crippen LogP contribution in [0, 0.1) is 18.3 Å². The number of thiazole rings is 1. The second kappa shape index (κ2) is 7.64. The van der Waals surface area contributed by atoms with E-state index in [4.69, 9.17) is 0 Å². The molecule has 0 N–H and O–H groups in total. The lowest BCUT2D eigenvalue weighted by Crippen LogP contribution is -2.31. The molecule has 1 aliphatic heterocycles. The Morgan fingerprint density at radius 1 is 1.23 bits per heavy atom. The smallest absolute Gasteiger partial charge is 0.369 e. The number of halogens is 3. The number of aryl methyl sites for hydroxylation is 1. The van der Waals surface area contributed by atoms with Crippen LogP contribution in [-0.4, -0.2) is 36.1 Å². The first-order chi connectivity index (χ1) is 12.4. The first-order valence-electron chi connectivity index (χ1n) is 8.36. The Labute approximate surface area is 154 Å².